The molecule has 1 fully saturated rings. The van der Waals surface area contributed by atoms with Crippen LogP contribution in [0, 0.1) is 0 Å². The van der Waals surface area contributed by atoms with Gasteiger partial charge in [0.15, 0.2) is 5.58 Å². The van der Waals surface area contributed by atoms with Gasteiger partial charge in [0.05, 0.1) is 0 Å². The predicted octanol–water partition coefficient (Wildman–Crippen LogP) is 3.97. The van der Waals surface area contributed by atoms with E-state index in [1.165, 1.54) is 11.8 Å². The van der Waals surface area contributed by atoms with Crippen molar-refractivity contribution in [1.29, 1.82) is 0 Å². The smallest absolute Gasteiger partial charge is 0.257 e. The van der Waals surface area contributed by atoms with Gasteiger partial charge in [0.25, 0.3) is 5.22 Å². The van der Waals surface area contributed by atoms with Gasteiger partial charge in [-0.15, -0.1) is 0 Å². The van der Waals surface area contributed by atoms with Crippen LogP contribution in [0.5, 0.6) is 0 Å². The fourth-order valence-electron chi connectivity index (χ4n) is 2.49. The van der Waals surface area contributed by atoms with Crippen molar-refractivity contribution in [3.05, 3.63) is 23.2 Å². The summed E-state index contributed by atoms with van der Waals surface area (Å²) in [6.07, 6.45) is 2.77. The topological polar surface area (TPSA) is 46.3 Å². The van der Waals surface area contributed by atoms with Gasteiger partial charge in [-0.25, -0.2) is 4.98 Å². The molecule has 0 spiro atoms. The minimum Gasteiger partial charge on any atom is -0.431 e. The van der Waals surface area contributed by atoms with E-state index < -0.39 is 0 Å². The van der Waals surface area contributed by atoms with Crippen LogP contribution in [0.4, 0.5) is 0 Å². The zero-order valence-electron chi connectivity index (χ0n) is 11.8. The van der Waals surface area contributed by atoms with Crippen molar-refractivity contribution in [3.63, 3.8) is 0 Å². The Morgan fingerprint density at radius 1 is 1.48 bits per heavy atom. The summed E-state index contributed by atoms with van der Waals surface area (Å²) in [5.74, 6) is 0.228. The minimum absolute atomic E-state index is 0.140. The molecule has 1 aromatic heterocycles. The molecule has 1 atom stereocenters. The molecule has 1 aliphatic rings. The minimum atomic E-state index is 0.140. The molecule has 4 nitrogen and oxygen atoms in total. The highest BCUT2D eigenvalue weighted by atomic mass is 35.5. The zero-order chi connectivity index (χ0) is 14.8. The largest absolute Gasteiger partial charge is 0.431 e. The zero-order valence-corrected chi connectivity index (χ0v) is 13.4. The van der Waals surface area contributed by atoms with Gasteiger partial charge in [-0.1, -0.05) is 30.3 Å². The van der Waals surface area contributed by atoms with Crippen LogP contribution in [0.3, 0.4) is 0 Å². The average Bonchev–Trinajstić information content (AvgIpc) is 3.06. The Kier molecular flexibility index (Phi) is 4.40. The molecule has 0 N–H and O–H groups in total. The van der Waals surface area contributed by atoms with E-state index in [0.29, 0.717) is 16.7 Å². The lowest BCUT2D eigenvalue weighted by molar-refractivity contribution is -0.130. The van der Waals surface area contributed by atoms with E-state index >= 15 is 0 Å². The van der Waals surface area contributed by atoms with Crippen molar-refractivity contribution in [2.75, 3.05) is 13.1 Å². The summed E-state index contributed by atoms with van der Waals surface area (Å²) in [5, 5.41) is 1.38. The molecule has 1 unspecified atom stereocenters. The summed E-state index contributed by atoms with van der Waals surface area (Å²) in [7, 11) is 0. The quantitative estimate of drug-likeness (QED) is 0.798. The Bertz CT molecular complexity index is 652. The molecule has 112 valence electrons. The van der Waals surface area contributed by atoms with Crippen LogP contribution in [-0.2, 0) is 4.79 Å². The molecule has 6 heteroatoms. The molecule has 1 saturated heterocycles. The number of halogens is 1. The number of aromatic nitrogens is 1. The van der Waals surface area contributed by atoms with Crippen molar-refractivity contribution < 1.29 is 9.21 Å². The van der Waals surface area contributed by atoms with Crippen LogP contribution >= 0.6 is 23.4 Å². The van der Waals surface area contributed by atoms with E-state index in [-0.39, 0.29) is 11.2 Å². The average molecular weight is 325 g/mol. The van der Waals surface area contributed by atoms with Crippen molar-refractivity contribution in [1.82, 2.24) is 9.88 Å². The van der Waals surface area contributed by atoms with Gasteiger partial charge in [-0.2, -0.15) is 0 Å². The third-order valence-electron chi connectivity index (χ3n) is 3.55. The highest BCUT2D eigenvalue weighted by molar-refractivity contribution is 7.99. The van der Waals surface area contributed by atoms with Crippen molar-refractivity contribution >= 4 is 40.4 Å². The number of benzene rings is 1. The highest BCUT2D eigenvalue weighted by Crippen LogP contribution is 2.29. The first-order valence-corrected chi connectivity index (χ1v) is 8.38. The van der Waals surface area contributed by atoms with Gasteiger partial charge in [-0.3, -0.25) is 4.79 Å². The number of hydrogen-bond donors (Lipinski definition) is 0. The van der Waals surface area contributed by atoms with Crippen molar-refractivity contribution in [2.24, 2.45) is 0 Å². The van der Waals surface area contributed by atoms with E-state index in [2.05, 4.69) is 4.98 Å². The van der Waals surface area contributed by atoms with Crippen LogP contribution in [-0.4, -0.2) is 34.1 Å². The number of carbonyl (C=O) groups is 1. The normalized spacial score (nSPS) is 16.6. The van der Waals surface area contributed by atoms with E-state index in [9.17, 15) is 4.79 Å². The van der Waals surface area contributed by atoms with Crippen LogP contribution in [0.25, 0.3) is 11.1 Å². The Morgan fingerprint density at radius 3 is 3.00 bits per heavy atom. The standard InChI is InChI=1S/C15H17ClN2O2S/c1-10(8-14(19)18-6-2-3-7-18)21-15-17-12-9-11(16)4-5-13(12)20-15/h4-5,9-10H,2-3,6-8H2,1H3. The van der Waals surface area contributed by atoms with Crippen LogP contribution < -0.4 is 0 Å². The molecular weight excluding hydrogens is 308 g/mol. The van der Waals surface area contributed by atoms with E-state index in [0.717, 1.165) is 37.0 Å². The van der Waals surface area contributed by atoms with Gasteiger partial charge in [0.2, 0.25) is 5.91 Å². The Balaban J connectivity index is 1.62. The Labute approximate surface area is 132 Å². The maximum absolute atomic E-state index is 12.1. The lowest BCUT2D eigenvalue weighted by Crippen LogP contribution is -2.29. The second-order valence-electron chi connectivity index (χ2n) is 5.31. The first kappa shape index (κ1) is 14.7. The fourth-order valence-corrected chi connectivity index (χ4v) is 3.51. The predicted molar refractivity (Wildman–Crippen MR) is 84.8 cm³/mol. The molecular formula is C15H17ClN2O2S. The molecule has 1 aromatic carbocycles. The van der Waals surface area contributed by atoms with Crippen LogP contribution in [0.15, 0.2) is 27.8 Å². The molecule has 3 rings (SSSR count). The maximum atomic E-state index is 12.1. The molecule has 2 aromatic rings. The highest BCUT2D eigenvalue weighted by Gasteiger charge is 2.21. The number of likely N-dealkylation sites (tertiary alicyclic amines) is 1. The number of amides is 1. The second kappa shape index (κ2) is 6.28. The van der Waals surface area contributed by atoms with E-state index in [1.54, 1.807) is 12.1 Å². The second-order valence-corrected chi connectivity index (χ2v) is 7.14. The molecule has 0 aliphatic carbocycles. The lowest BCUT2D eigenvalue weighted by atomic mass is 10.3. The third kappa shape index (κ3) is 3.52. The van der Waals surface area contributed by atoms with Gasteiger partial charge in [-0.05, 0) is 31.0 Å². The van der Waals surface area contributed by atoms with Crippen LogP contribution in [0.2, 0.25) is 5.02 Å². The molecule has 0 saturated carbocycles. The molecule has 1 aliphatic heterocycles. The summed E-state index contributed by atoms with van der Waals surface area (Å²) in [6, 6.07) is 5.38. The molecule has 2 heterocycles. The summed E-state index contributed by atoms with van der Waals surface area (Å²) in [5.41, 5.74) is 1.48. The first-order chi connectivity index (χ1) is 10.1. The van der Waals surface area contributed by atoms with Crippen molar-refractivity contribution in [3.8, 4) is 0 Å². The Morgan fingerprint density at radius 2 is 2.24 bits per heavy atom. The number of thioether (sulfide) groups is 1. The molecule has 1 amide bonds. The van der Waals surface area contributed by atoms with Crippen molar-refractivity contribution in [2.45, 2.75) is 36.7 Å². The van der Waals surface area contributed by atoms with Gasteiger partial charge >= 0.3 is 0 Å². The number of nitrogens with zero attached hydrogens (tertiary/aromatic N) is 2. The number of rotatable bonds is 4. The van der Waals surface area contributed by atoms with E-state index in [4.69, 9.17) is 16.0 Å². The van der Waals surface area contributed by atoms with Gasteiger partial charge < -0.3 is 9.32 Å². The van der Waals surface area contributed by atoms with Gasteiger partial charge in [0, 0.05) is 29.8 Å². The summed E-state index contributed by atoms with van der Waals surface area (Å²) in [4.78, 5) is 18.5. The summed E-state index contributed by atoms with van der Waals surface area (Å²) >= 11 is 7.43. The first-order valence-electron chi connectivity index (χ1n) is 7.12. The summed E-state index contributed by atoms with van der Waals surface area (Å²) < 4.78 is 5.67. The SMILES string of the molecule is CC(CC(=O)N1CCCC1)Sc1nc2cc(Cl)ccc2o1. The van der Waals surface area contributed by atoms with Crippen LogP contribution in [0.1, 0.15) is 26.2 Å². The number of fused-ring (bicyclic) bond motifs is 1. The molecule has 21 heavy (non-hydrogen) atoms. The summed E-state index contributed by atoms with van der Waals surface area (Å²) in [6.45, 7) is 3.83. The number of carbonyl (C=O) groups excluding carboxylic acids is 1. The number of oxazole rings is 1. The number of hydrogen-bond acceptors (Lipinski definition) is 4. The third-order valence-corrected chi connectivity index (χ3v) is 4.73. The van der Waals surface area contributed by atoms with Gasteiger partial charge in [0.1, 0.15) is 5.52 Å². The fraction of sp³-hybridized carbons (Fsp3) is 0.467. The lowest BCUT2D eigenvalue weighted by Gasteiger charge is -2.17. The maximum Gasteiger partial charge on any atom is 0.257 e. The monoisotopic (exact) mass is 324 g/mol. The molecule has 0 radical (unpaired) electrons. The molecule has 0 bridgehead atoms. The van der Waals surface area contributed by atoms with E-state index in [1.807, 2.05) is 17.9 Å². The Hall–Kier alpha value is -1.20.